The van der Waals surface area contributed by atoms with E-state index < -0.39 is 0 Å². The Hall–Kier alpha value is -1.24. The molecule has 2 N–H and O–H groups in total. The Bertz CT molecular complexity index is 612. The number of nitrogens with zero attached hydrogens (tertiary/aromatic N) is 3. The van der Waals surface area contributed by atoms with Crippen molar-refractivity contribution in [2.45, 2.75) is 23.4 Å². The van der Waals surface area contributed by atoms with Gasteiger partial charge >= 0.3 is 6.01 Å². The van der Waals surface area contributed by atoms with Gasteiger partial charge in [0, 0.05) is 4.90 Å². The van der Waals surface area contributed by atoms with Crippen LogP contribution < -0.4 is 10.5 Å². The molecule has 0 spiro atoms. The standard InChI is InChI=1S/C12H12Cl2N4OS/c1-2-5-19-11-16-10(15)17-12(18-11)20-7-3-4-8(13)9(14)6-7/h3-4,6H,2,5H2,1H3,(H2,15,16,17,18). The van der Waals surface area contributed by atoms with Gasteiger partial charge in [-0.3, -0.25) is 0 Å². The lowest BCUT2D eigenvalue weighted by molar-refractivity contribution is 0.288. The van der Waals surface area contributed by atoms with Gasteiger partial charge in [0.15, 0.2) is 0 Å². The first kappa shape index (κ1) is 15.2. The number of nitrogen functional groups attached to an aromatic ring is 1. The number of hydrogen-bond donors (Lipinski definition) is 1. The molecule has 0 aliphatic rings. The maximum atomic E-state index is 5.96. The van der Waals surface area contributed by atoms with E-state index in [1.54, 1.807) is 12.1 Å². The van der Waals surface area contributed by atoms with E-state index >= 15 is 0 Å². The molecule has 106 valence electrons. The molecule has 20 heavy (non-hydrogen) atoms. The summed E-state index contributed by atoms with van der Waals surface area (Å²) in [4.78, 5) is 13.0. The predicted octanol–water partition coefficient (Wildman–Crippen LogP) is 3.70. The van der Waals surface area contributed by atoms with E-state index in [2.05, 4.69) is 15.0 Å². The van der Waals surface area contributed by atoms with Crippen molar-refractivity contribution in [3.05, 3.63) is 28.2 Å². The second-order valence-electron chi connectivity index (χ2n) is 3.79. The average molecular weight is 331 g/mol. The second kappa shape index (κ2) is 6.97. The van der Waals surface area contributed by atoms with Gasteiger partial charge in [0.25, 0.3) is 0 Å². The summed E-state index contributed by atoms with van der Waals surface area (Å²) in [5.41, 5.74) is 5.64. The Morgan fingerprint density at radius 1 is 1.20 bits per heavy atom. The maximum absolute atomic E-state index is 5.96. The van der Waals surface area contributed by atoms with Gasteiger partial charge in [0.05, 0.1) is 16.7 Å². The molecule has 0 fully saturated rings. The fourth-order valence-corrected chi connectivity index (χ4v) is 2.45. The summed E-state index contributed by atoms with van der Waals surface area (Å²) in [6.45, 7) is 2.52. The molecule has 0 aliphatic carbocycles. The van der Waals surface area contributed by atoms with Crippen LogP contribution in [0.5, 0.6) is 6.01 Å². The van der Waals surface area contributed by atoms with Gasteiger partial charge in [-0.05, 0) is 36.4 Å². The first-order chi connectivity index (χ1) is 9.58. The Labute approximate surface area is 130 Å². The quantitative estimate of drug-likeness (QED) is 0.900. The number of ether oxygens (including phenoxy) is 1. The first-order valence-electron chi connectivity index (χ1n) is 5.85. The molecule has 0 saturated heterocycles. The molecule has 5 nitrogen and oxygen atoms in total. The van der Waals surface area contributed by atoms with Gasteiger partial charge in [-0.2, -0.15) is 15.0 Å². The van der Waals surface area contributed by atoms with Crippen LogP contribution in [0.2, 0.25) is 10.0 Å². The van der Waals surface area contributed by atoms with Crippen molar-refractivity contribution in [3.8, 4) is 6.01 Å². The van der Waals surface area contributed by atoms with Crippen LogP contribution in [0.3, 0.4) is 0 Å². The predicted molar refractivity (Wildman–Crippen MR) is 80.6 cm³/mol. The van der Waals surface area contributed by atoms with E-state index in [0.29, 0.717) is 21.8 Å². The van der Waals surface area contributed by atoms with Crippen molar-refractivity contribution < 1.29 is 4.74 Å². The Kier molecular flexibility index (Phi) is 5.28. The maximum Gasteiger partial charge on any atom is 0.322 e. The molecule has 0 aliphatic heterocycles. The van der Waals surface area contributed by atoms with E-state index in [1.165, 1.54) is 11.8 Å². The smallest absolute Gasteiger partial charge is 0.322 e. The van der Waals surface area contributed by atoms with Gasteiger partial charge in [-0.1, -0.05) is 30.1 Å². The number of halogens is 2. The molecular formula is C12H12Cl2N4OS. The number of rotatable bonds is 5. The summed E-state index contributed by atoms with van der Waals surface area (Å²) in [6, 6.07) is 5.50. The molecule has 1 heterocycles. The Morgan fingerprint density at radius 2 is 2.00 bits per heavy atom. The van der Waals surface area contributed by atoms with Crippen LogP contribution in [0.4, 0.5) is 5.95 Å². The number of aromatic nitrogens is 3. The fourth-order valence-electron chi connectivity index (χ4n) is 1.30. The molecule has 1 aromatic carbocycles. The third-order valence-electron chi connectivity index (χ3n) is 2.15. The monoisotopic (exact) mass is 330 g/mol. The zero-order valence-electron chi connectivity index (χ0n) is 10.6. The van der Waals surface area contributed by atoms with E-state index in [0.717, 1.165) is 11.3 Å². The van der Waals surface area contributed by atoms with Crippen molar-refractivity contribution in [2.24, 2.45) is 0 Å². The lowest BCUT2D eigenvalue weighted by atomic mass is 10.4. The summed E-state index contributed by atoms with van der Waals surface area (Å²) in [5.74, 6) is 0.119. The first-order valence-corrected chi connectivity index (χ1v) is 7.43. The molecule has 0 radical (unpaired) electrons. The van der Waals surface area contributed by atoms with E-state index in [9.17, 15) is 0 Å². The van der Waals surface area contributed by atoms with Crippen molar-refractivity contribution in [3.63, 3.8) is 0 Å². The van der Waals surface area contributed by atoms with Crippen molar-refractivity contribution in [1.29, 1.82) is 0 Å². The SMILES string of the molecule is CCCOc1nc(N)nc(Sc2ccc(Cl)c(Cl)c2)n1. The molecule has 1 aromatic heterocycles. The average Bonchev–Trinajstić information content (AvgIpc) is 2.40. The van der Waals surface area contributed by atoms with Crippen molar-refractivity contribution in [2.75, 3.05) is 12.3 Å². The summed E-state index contributed by atoms with van der Waals surface area (Å²) in [7, 11) is 0. The minimum Gasteiger partial charge on any atom is -0.463 e. The fraction of sp³-hybridized carbons (Fsp3) is 0.250. The number of benzene rings is 1. The van der Waals surface area contributed by atoms with Gasteiger partial charge in [0.1, 0.15) is 0 Å². The van der Waals surface area contributed by atoms with Crippen molar-refractivity contribution in [1.82, 2.24) is 15.0 Å². The molecule has 8 heteroatoms. The molecule has 0 atom stereocenters. The number of nitrogens with two attached hydrogens (primary N) is 1. The highest BCUT2D eigenvalue weighted by molar-refractivity contribution is 7.99. The van der Waals surface area contributed by atoms with Crippen LogP contribution in [-0.4, -0.2) is 21.6 Å². The highest BCUT2D eigenvalue weighted by Crippen LogP contribution is 2.31. The Morgan fingerprint density at radius 3 is 2.70 bits per heavy atom. The van der Waals surface area contributed by atoms with Crippen LogP contribution in [-0.2, 0) is 0 Å². The van der Waals surface area contributed by atoms with Crippen LogP contribution in [0.1, 0.15) is 13.3 Å². The van der Waals surface area contributed by atoms with E-state index in [4.69, 9.17) is 33.7 Å². The summed E-state index contributed by atoms with van der Waals surface area (Å²) >= 11 is 13.1. The van der Waals surface area contributed by atoms with E-state index in [-0.39, 0.29) is 12.0 Å². The van der Waals surface area contributed by atoms with Gasteiger partial charge in [-0.15, -0.1) is 0 Å². The normalized spacial score (nSPS) is 10.6. The molecule has 2 rings (SSSR count). The minimum atomic E-state index is 0.119. The Balaban J connectivity index is 2.19. The van der Waals surface area contributed by atoms with Gasteiger partial charge in [-0.25, -0.2) is 0 Å². The molecular weight excluding hydrogens is 319 g/mol. The second-order valence-corrected chi connectivity index (χ2v) is 5.64. The zero-order chi connectivity index (χ0) is 14.5. The van der Waals surface area contributed by atoms with Crippen LogP contribution >= 0.6 is 35.0 Å². The van der Waals surface area contributed by atoms with Crippen LogP contribution in [0.25, 0.3) is 0 Å². The van der Waals surface area contributed by atoms with Crippen molar-refractivity contribution >= 4 is 40.9 Å². The minimum absolute atomic E-state index is 0.119. The molecule has 0 amide bonds. The van der Waals surface area contributed by atoms with Gasteiger partial charge < -0.3 is 10.5 Å². The number of anilines is 1. The number of hydrogen-bond acceptors (Lipinski definition) is 6. The molecule has 2 aromatic rings. The molecule has 0 saturated carbocycles. The van der Waals surface area contributed by atoms with Gasteiger partial charge in [0.2, 0.25) is 11.1 Å². The van der Waals surface area contributed by atoms with Crippen LogP contribution in [0, 0.1) is 0 Å². The summed E-state index contributed by atoms with van der Waals surface area (Å²) in [5, 5.41) is 1.42. The zero-order valence-corrected chi connectivity index (χ0v) is 13.0. The third-order valence-corrected chi connectivity index (χ3v) is 3.74. The lowest BCUT2D eigenvalue weighted by Crippen LogP contribution is -2.05. The third kappa shape index (κ3) is 4.13. The highest BCUT2D eigenvalue weighted by Gasteiger charge is 2.08. The molecule has 0 unspecified atom stereocenters. The topological polar surface area (TPSA) is 73.9 Å². The van der Waals surface area contributed by atoms with E-state index in [1.807, 2.05) is 13.0 Å². The lowest BCUT2D eigenvalue weighted by Gasteiger charge is -2.06. The largest absolute Gasteiger partial charge is 0.463 e. The summed E-state index contributed by atoms with van der Waals surface area (Å²) < 4.78 is 5.35. The highest BCUT2D eigenvalue weighted by atomic mass is 35.5. The summed E-state index contributed by atoms with van der Waals surface area (Å²) in [6.07, 6.45) is 0.862. The molecule has 0 bridgehead atoms. The van der Waals surface area contributed by atoms with Crippen LogP contribution in [0.15, 0.2) is 28.3 Å².